The van der Waals surface area contributed by atoms with Crippen molar-refractivity contribution in [3.63, 3.8) is 0 Å². The van der Waals surface area contributed by atoms with Gasteiger partial charge in [0.2, 0.25) is 0 Å². The summed E-state index contributed by atoms with van der Waals surface area (Å²) in [4.78, 5) is 0. The molecule has 0 unspecified atom stereocenters. The van der Waals surface area contributed by atoms with Crippen LogP contribution in [0.25, 0.3) is 44.0 Å². The van der Waals surface area contributed by atoms with Crippen molar-refractivity contribution in [1.29, 1.82) is 0 Å². The van der Waals surface area contributed by atoms with Crippen LogP contribution in [-0.4, -0.2) is 0 Å². The van der Waals surface area contributed by atoms with Crippen LogP contribution in [0.2, 0.25) is 0 Å². The third-order valence-electron chi connectivity index (χ3n) is 5.73. The van der Waals surface area contributed by atoms with Gasteiger partial charge in [-0.15, -0.1) is 0 Å². The third kappa shape index (κ3) is 2.62. The zero-order valence-corrected chi connectivity index (χ0v) is 16.5. The molecular formula is C27H24O. The van der Waals surface area contributed by atoms with Crippen molar-refractivity contribution < 1.29 is 4.42 Å². The molecule has 0 saturated heterocycles. The summed E-state index contributed by atoms with van der Waals surface area (Å²) in [5.41, 5.74) is 7.48. The van der Waals surface area contributed by atoms with Gasteiger partial charge in [-0.2, -0.15) is 0 Å². The highest BCUT2D eigenvalue weighted by molar-refractivity contribution is 6.21. The van der Waals surface area contributed by atoms with E-state index in [0.29, 0.717) is 0 Å². The Kier molecular flexibility index (Phi) is 4.16. The van der Waals surface area contributed by atoms with E-state index in [1.807, 2.05) is 0 Å². The molecule has 3 aromatic rings. The zero-order chi connectivity index (χ0) is 19.1. The van der Waals surface area contributed by atoms with Crippen LogP contribution in [0.3, 0.4) is 0 Å². The Morgan fingerprint density at radius 2 is 1.32 bits per heavy atom. The molecule has 1 aliphatic carbocycles. The van der Waals surface area contributed by atoms with E-state index in [4.69, 9.17) is 4.42 Å². The number of unbranched alkanes of at least 4 members (excludes halogenated alkanes) is 1. The summed E-state index contributed by atoms with van der Waals surface area (Å²) in [5.74, 6) is 1.12. The quantitative estimate of drug-likeness (QED) is 0.315. The van der Waals surface area contributed by atoms with Gasteiger partial charge in [0.1, 0.15) is 11.3 Å². The predicted octanol–water partition coefficient (Wildman–Crippen LogP) is 8.01. The molecule has 0 bridgehead atoms. The van der Waals surface area contributed by atoms with Gasteiger partial charge in [0.25, 0.3) is 0 Å². The summed E-state index contributed by atoms with van der Waals surface area (Å²) in [6, 6.07) is 26.2. The zero-order valence-electron chi connectivity index (χ0n) is 16.5. The van der Waals surface area contributed by atoms with Crippen LogP contribution in [0.1, 0.15) is 31.1 Å². The maximum Gasteiger partial charge on any atom is 0.134 e. The lowest BCUT2D eigenvalue weighted by atomic mass is 9.94. The number of hydrogen-bond donors (Lipinski definition) is 0. The lowest BCUT2D eigenvalue weighted by molar-refractivity contribution is 0.528. The summed E-state index contributed by atoms with van der Waals surface area (Å²) in [6.45, 7) is 4.38. The van der Waals surface area contributed by atoms with E-state index < -0.39 is 0 Å². The Morgan fingerprint density at radius 1 is 0.679 bits per heavy atom. The van der Waals surface area contributed by atoms with Gasteiger partial charge < -0.3 is 4.42 Å². The SMILES string of the molecule is CCCCc1oc2ccccc2c2c(-c3ccc(C)cc3)c3ccccc3c1-2. The van der Waals surface area contributed by atoms with Crippen molar-refractivity contribution in [3.8, 4) is 22.3 Å². The maximum absolute atomic E-state index is 6.45. The Bertz CT molecular complexity index is 1240. The minimum Gasteiger partial charge on any atom is -0.460 e. The molecule has 0 spiro atoms. The highest BCUT2D eigenvalue weighted by Gasteiger charge is 2.25. The summed E-state index contributed by atoms with van der Waals surface area (Å²) >= 11 is 0. The first kappa shape index (κ1) is 17.1. The molecule has 5 rings (SSSR count). The Morgan fingerprint density at radius 3 is 2.04 bits per heavy atom. The fourth-order valence-corrected chi connectivity index (χ4v) is 4.35. The second kappa shape index (κ2) is 6.83. The molecule has 0 radical (unpaired) electrons. The van der Waals surface area contributed by atoms with Gasteiger partial charge in [-0.1, -0.05) is 85.6 Å². The number of aryl methyl sites for hydroxylation is 2. The van der Waals surface area contributed by atoms with Gasteiger partial charge >= 0.3 is 0 Å². The highest BCUT2D eigenvalue weighted by atomic mass is 16.3. The molecule has 28 heavy (non-hydrogen) atoms. The van der Waals surface area contributed by atoms with E-state index in [9.17, 15) is 0 Å². The lowest BCUT2D eigenvalue weighted by Crippen LogP contribution is -1.93. The average molecular weight is 364 g/mol. The van der Waals surface area contributed by atoms with E-state index in [2.05, 4.69) is 86.6 Å². The van der Waals surface area contributed by atoms with Crippen LogP contribution >= 0.6 is 0 Å². The molecule has 1 aliphatic heterocycles. The highest BCUT2D eigenvalue weighted by Crippen LogP contribution is 2.50. The van der Waals surface area contributed by atoms with Crippen molar-refractivity contribution >= 4 is 21.7 Å². The summed E-state index contributed by atoms with van der Waals surface area (Å²) in [6.07, 6.45) is 3.27. The van der Waals surface area contributed by atoms with Crippen molar-refractivity contribution in [3.05, 3.63) is 84.1 Å². The van der Waals surface area contributed by atoms with Gasteiger partial charge in [-0.05, 0) is 41.3 Å². The molecule has 1 nitrogen and oxygen atoms in total. The molecule has 1 heteroatoms. The second-order valence-electron chi connectivity index (χ2n) is 7.66. The largest absolute Gasteiger partial charge is 0.460 e. The molecule has 0 N–H and O–H groups in total. The van der Waals surface area contributed by atoms with Crippen LogP contribution in [0.15, 0.2) is 77.2 Å². The van der Waals surface area contributed by atoms with E-state index in [0.717, 1.165) is 30.6 Å². The number of hydrogen-bond acceptors (Lipinski definition) is 1. The summed E-state index contributed by atoms with van der Waals surface area (Å²) in [5, 5.41) is 3.81. The predicted molar refractivity (Wildman–Crippen MR) is 119 cm³/mol. The average Bonchev–Trinajstić information content (AvgIpc) is 3.08. The topological polar surface area (TPSA) is 13.1 Å². The molecule has 2 aliphatic rings. The fraction of sp³-hybridized carbons (Fsp3) is 0.185. The molecule has 0 saturated carbocycles. The van der Waals surface area contributed by atoms with Gasteiger partial charge in [0, 0.05) is 22.9 Å². The maximum atomic E-state index is 6.45. The number of benzene rings is 3. The molecule has 0 aromatic heterocycles. The van der Waals surface area contributed by atoms with Crippen LogP contribution in [-0.2, 0) is 6.42 Å². The molecule has 138 valence electrons. The molecule has 0 fully saturated rings. The van der Waals surface area contributed by atoms with Crippen molar-refractivity contribution in [2.24, 2.45) is 0 Å². The molecule has 3 aromatic carbocycles. The molecular weight excluding hydrogens is 340 g/mol. The molecule has 0 amide bonds. The number of rotatable bonds is 4. The number of fused-ring (bicyclic) bond motifs is 5. The standard InChI is InChI=1S/C27H24O/c1-3-4-12-24-26-21-10-6-5-9-20(21)25(19-16-14-18(2)15-17-19)27(26)22-11-7-8-13-23(22)28-24/h5-11,13-17H,3-4,12H2,1-2H3. The molecule has 1 heterocycles. The third-order valence-corrected chi connectivity index (χ3v) is 5.73. The first-order valence-electron chi connectivity index (χ1n) is 10.2. The van der Waals surface area contributed by atoms with Crippen LogP contribution in [0, 0.1) is 6.92 Å². The lowest BCUT2D eigenvalue weighted by Gasteiger charge is -2.14. The Labute approximate surface area is 166 Å². The Balaban J connectivity index is 1.96. The van der Waals surface area contributed by atoms with E-state index >= 15 is 0 Å². The van der Waals surface area contributed by atoms with Gasteiger partial charge in [0.15, 0.2) is 0 Å². The Hall–Kier alpha value is -3.06. The second-order valence-corrected chi connectivity index (χ2v) is 7.66. The smallest absolute Gasteiger partial charge is 0.134 e. The monoisotopic (exact) mass is 364 g/mol. The van der Waals surface area contributed by atoms with Crippen molar-refractivity contribution in [2.75, 3.05) is 0 Å². The first-order valence-corrected chi connectivity index (χ1v) is 10.2. The van der Waals surface area contributed by atoms with Gasteiger partial charge in [0.05, 0.1) is 0 Å². The molecule has 0 atom stereocenters. The van der Waals surface area contributed by atoms with E-state index in [1.165, 1.54) is 44.0 Å². The van der Waals surface area contributed by atoms with Crippen LogP contribution < -0.4 is 0 Å². The number of para-hydroxylation sites is 1. The van der Waals surface area contributed by atoms with E-state index in [1.54, 1.807) is 0 Å². The normalized spacial score (nSPS) is 11.6. The van der Waals surface area contributed by atoms with Gasteiger partial charge in [-0.3, -0.25) is 0 Å². The minimum atomic E-state index is 0.971. The van der Waals surface area contributed by atoms with Crippen LogP contribution in [0.5, 0.6) is 0 Å². The fourth-order valence-electron chi connectivity index (χ4n) is 4.35. The minimum absolute atomic E-state index is 0.971. The van der Waals surface area contributed by atoms with Gasteiger partial charge in [-0.25, -0.2) is 0 Å². The van der Waals surface area contributed by atoms with Crippen molar-refractivity contribution in [1.82, 2.24) is 0 Å². The van der Waals surface area contributed by atoms with Crippen LogP contribution in [0.4, 0.5) is 0 Å². The first-order chi connectivity index (χ1) is 13.8. The summed E-state index contributed by atoms with van der Waals surface area (Å²) in [7, 11) is 0. The van der Waals surface area contributed by atoms with E-state index in [-0.39, 0.29) is 0 Å². The summed E-state index contributed by atoms with van der Waals surface area (Å²) < 4.78 is 6.45. The van der Waals surface area contributed by atoms with Crippen molar-refractivity contribution in [2.45, 2.75) is 33.1 Å².